The molecule has 0 atom stereocenters. The molecule has 0 saturated carbocycles. The van der Waals surface area contributed by atoms with E-state index in [1.165, 1.54) is 33.5 Å². The van der Waals surface area contributed by atoms with Crippen LogP contribution in [0.4, 0.5) is 13.2 Å². The molecule has 2 heterocycles. The summed E-state index contributed by atoms with van der Waals surface area (Å²) >= 11 is 0. The number of alkyl halides is 3. The second-order valence-corrected chi connectivity index (χ2v) is 6.48. The Hall–Kier alpha value is -3.55. The van der Waals surface area contributed by atoms with Crippen molar-refractivity contribution < 1.29 is 17.9 Å². The zero-order chi connectivity index (χ0) is 20.6. The maximum atomic E-state index is 13.2. The highest BCUT2D eigenvalue weighted by molar-refractivity contribution is 5.66. The number of hydrogen-bond acceptors (Lipinski definition) is 3. The Balaban J connectivity index is 1.75. The highest BCUT2D eigenvalue weighted by Gasteiger charge is 2.32. The SMILES string of the molecule is COc1cccc(-c2cc3c(=O)n(Cc4ccccc4C(F)(F)F)ccn3n2)c1. The van der Waals surface area contributed by atoms with E-state index in [-0.39, 0.29) is 17.6 Å². The smallest absolute Gasteiger partial charge is 0.416 e. The molecule has 4 rings (SSSR count). The molecule has 0 aliphatic carbocycles. The lowest BCUT2D eigenvalue weighted by atomic mass is 10.1. The number of fused-ring (bicyclic) bond motifs is 1. The molecule has 5 nitrogen and oxygen atoms in total. The van der Waals surface area contributed by atoms with Crippen molar-refractivity contribution in [3.05, 3.63) is 88.5 Å². The largest absolute Gasteiger partial charge is 0.497 e. The molecule has 4 aromatic rings. The third kappa shape index (κ3) is 3.61. The van der Waals surface area contributed by atoms with Crippen molar-refractivity contribution in [2.75, 3.05) is 7.11 Å². The summed E-state index contributed by atoms with van der Waals surface area (Å²) < 4.78 is 47.6. The van der Waals surface area contributed by atoms with E-state index in [0.717, 1.165) is 11.6 Å². The monoisotopic (exact) mass is 399 g/mol. The van der Waals surface area contributed by atoms with Gasteiger partial charge in [0.05, 0.1) is 24.9 Å². The van der Waals surface area contributed by atoms with Gasteiger partial charge in [-0.3, -0.25) is 4.79 Å². The third-order valence-electron chi connectivity index (χ3n) is 4.63. The van der Waals surface area contributed by atoms with Gasteiger partial charge in [-0.2, -0.15) is 18.3 Å². The summed E-state index contributed by atoms with van der Waals surface area (Å²) in [5.74, 6) is 0.653. The van der Waals surface area contributed by atoms with Gasteiger partial charge in [0.15, 0.2) is 0 Å². The molecule has 0 aliphatic heterocycles. The van der Waals surface area contributed by atoms with E-state index in [4.69, 9.17) is 4.74 Å². The van der Waals surface area contributed by atoms with Crippen LogP contribution < -0.4 is 10.3 Å². The summed E-state index contributed by atoms with van der Waals surface area (Å²) in [6, 6.07) is 14.1. The Kier molecular flexibility index (Phi) is 4.62. The fourth-order valence-corrected chi connectivity index (χ4v) is 3.19. The van der Waals surface area contributed by atoms with E-state index in [2.05, 4.69) is 5.10 Å². The molecule has 2 aromatic carbocycles. The quantitative estimate of drug-likeness (QED) is 0.516. The first kappa shape index (κ1) is 18.8. The van der Waals surface area contributed by atoms with Gasteiger partial charge in [-0.15, -0.1) is 0 Å². The van der Waals surface area contributed by atoms with Gasteiger partial charge in [-0.05, 0) is 29.8 Å². The van der Waals surface area contributed by atoms with Crippen LogP contribution in [0.15, 0.2) is 71.8 Å². The third-order valence-corrected chi connectivity index (χ3v) is 4.63. The van der Waals surface area contributed by atoms with Gasteiger partial charge in [-0.1, -0.05) is 30.3 Å². The Morgan fingerprint density at radius 1 is 1.03 bits per heavy atom. The number of halogens is 3. The molecule has 29 heavy (non-hydrogen) atoms. The molecule has 0 radical (unpaired) electrons. The number of rotatable bonds is 4. The van der Waals surface area contributed by atoms with Gasteiger partial charge in [-0.25, -0.2) is 4.52 Å². The number of nitrogens with zero attached hydrogens (tertiary/aromatic N) is 3. The van der Waals surface area contributed by atoms with Gasteiger partial charge in [0.2, 0.25) is 0 Å². The summed E-state index contributed by atoms with van der Waals surface area (Å²) in [6.07, 6.45) is -1.50. The Morgan fingerprint density at radius 3 is 2.59 bits per heavy atom. The molecule has 148 valence electrons. The van der Waals surface area contributed by atoms with Crippen molar-refractivity contribution >= 4 is 5.52 Å². The van der Waals surface area contributed by atoms with Crippen LogP contribution in [-0.2, 0) is 12.7 Å². The van der Waals surface area contributed by atoms with Crippen molar-refractivity contribution in [1.29, 1.82) is 0 Å². The zero-order valence-corrected chi connectivity index (χ0v) is 15.3. The van der Waals surface area contributed by atoms with E-state index in [1.54, 1.807) is 31.5 Å². The topological polar surface area (TPSA) is 48.5 Å². The molecule has 0 saturated heterocycles. The molecule has 0 N–H and O–H groups in total. The molecule has 0 fully saturated rings. The van der Waals surface area contributed by atoms with Crippen LogP contribution in [0.25, 0.3) is 16.8 Å². The lowest BCUT2D eigenvalue weighted by Crippen LogP contribution is -2.23. The molecular formula is C21H16F3N3O2. The van der Waals surface area contributed by atoms with Crippen molar-refractivity contribution in [3.8, 4) is 17.0 Å². The van der Waals surface area contributed by atoms with E-state index < -0.39 is 17.3 Å². The molecule has 8 heteroatoms. The van der Waals surface area contributed by atoms with E-state index in [9.17, 15) is 18.0 Å². The van der Waals surface area contributed by atoms with Crippen LogP contribution in [0, 0.1) is 0 Å². The van der Waals surface area contributed by atoms with Gasteiger partial charge >= 0.3 is 6.18 Å². The van der Waals surface area contributed by atoms with Crippen molar-refractivity contribution in [1.82, 2.24) is 14.2 Å². The Labute approximate surface area is 163 Å². The lowest BCUT2D eigenvalue weighted by Gasteiger charge is -2.13. The summed E-state index contributed by atoms with van der Waals surface area (Å²) in [4.78, 5) is 12.9. The molecule has 0 bridgehead atoms. The number of hydrogen-bond donors (Lipinski definition) is 0. The first-order chi connectivity index (χ1) is 13.9. The summed E-state index contributed by atoms with van der Waals surface area (Å²) in [7, 11) is 1.56. The first-order valence-electron chi connectivity index (χ1n) is 8.75. The van der Waals surface area contributed by atoms with Crippen molar-refractivity contribution in [3.63, 3.8) is 0 Å². The summed E-state index contributed by atoms with van der Waals surface area (Å²) in [6.45, 7) is -0.190. The summed E-state index contributed by atoms with van der Waals surface area (Å²) in [5, 5.41) is 4.39. The van der Waals surface area contributed by atoms with Crippen LogP contribution in [0.2, 0.25) is 0 Å². The standard InChI is InChI=1S/C21H16F3N3O2/c1-29-16-7-4-6-14(11-16)18-12-19-20(28)26(9-10-27(19)25-18)13-15-5-2-3-8-17(15)21(22,23)24/h2-12H,13H2,1H3. The minimum absolute atomic E-state index is 0.0268. The van der Waals surface area contributed by atoms with E-state index in [0.29, 0.717) is 11.4 Å². The molecule has 0 spiro atoms. The zero-order valence-electron chi connectivity index (χ0n) is 15.3. The van der Waals surface area contributed by atoms with Gasteiger partial charge in [0.1, 0.15) is 11.3 Å². The fourth-order valence-electron chi connectivity index (χ4n) is 3.19. The highest BCUT2D eigenvalue weighted by Crippen LogP contribution is 2.32. The number of benzene rings is 2. The van der Waals surface area contributed by atoms with Crippen LogP contribution >= 0.6 is 0 Å². The first-order valence-corrected chi connectivity index (χ1v) is 8.75. The average Bonchev–Trinajstić information content (AvgIpc) is 3.15. The second-order valence-electron chi connectivity index (χ2n) is 6.48. The number of aromatic nitrogens is 3. The van der Waals surface area contributed by atoms with E-state index >= 15 is 0 Å². The molecular weight excluding hydrogens is 383 g/mol. The van der Waals surface area contributed by atoms with Gasteiger partial charge < -0.3 is 9.30 Å². The molecule has 0 amide bonds. The van der Waals surface area contributed by atoms with Crippen LogP contribution in [0.1, 0.15) is 11.1 Å². The number of methoxy groups -OCH3 is 1. The molecule has 0 unspecified atom stereocenters. The second kappa shape index (κ2) is 7.12. The maximum absolute atomic E-state index is 13.2. The maximum Gasteiger partial charge on any atom is 0.416 e. The Morgan fingerprint density at radius 2 is 1.83 bits per heavy atom. The fraction of sp³-hybridized carbons (Fsp3) is 0.143. The van der Waals surface area contributed by atoms with Gasteiger partial charge in [0.25, 0.3) is 5.56 Å². The Bertz CT molecular complexity index is 1240. The summed E-state index contributed by atoms with van der Waals surface area (Å²) in [5.41, 5.74) is 0.452. The van der Waals surface area contributed by atoms with E-state index in [1.807, 2.05) is 12.1 Å². The highest BCUT2D eigenvalue weighted by atomic mass is 19.4. The lowest BCUT2D eigenvalue weighted by molar-refractivity contribution is -0.138. The molecule has 2 aromatic heterocycles. The van der Waals surface area contributed by atoms with Crippen LogP contribution in [0.3, 0.4) is 0 Å². The minimum atomic E-state index is -4.49. The van der Waals surface area contributed by atoms with Gasteiger partial charge in [0, 0.05) is 18.0 Å². The van der Waals surface area contributed by atoms with Crippen LogP contribution in [0.5, 0.6) is 5.75 Å². The van der Waals surface area contributed by atoms with Crippen LogP contribution in [-0.4, -0.2) is 21.3 Å². The molecule has 0 aliphatic rings. The minimum Gasteiger partial charge on any atom is -0.497 e. The predicted octanol–water partition coefficient (Wildman–Crippen LogP) is 4.24. The van der Waals surface area contributed by atoms with Crippen molar-refractivity contribution in [2.24, 2.45) is 0 Å². The average molecular weight is 399 g/mol. The van der Waals surface area contributed by atoms with Crippen molar-refractivity contribution in [2.45, 2.75) is 12.7 Å². The number of ether oxygens (including phenoxy) is 1. The normalized spacial score (nSPS) is 11.7. The predicted molar refractivity (Wildman–Crippen MR) is 102 cm³/mol.